The van der Waals surface area contributed by atoms with Gasteiger partial charge in [-0.3, -0.25) is 4.68 Å². The van der Waals surface area contributed by atoms with Crippen molar-refractivity contribution in [3.05, 3.63) is 69.9 Å². The van der Waals surface area contributed by atoms with Crippen LogP contribution in [0, 0.1) is 0 Å². The summed E-state index contributed by atoms with van der Waals surface area (Å²) in [6.07, 6.45) is 2.18. The van der Waals surface area contributed by atoms with Gasteiger partial charge in [-0.05, 0) is 43.6 Å². The van der Waals surface area contributed by atoms with E-state index in [0.717, 1.165) is 30.6 Å². The number of carbonyl (C=O) groups is 1. The number of aromatic nitrogens is 4. The van der Waals surface area contributed by atoms with Crippen LogP contribution in [0.4, 0.5) is 8.78 Å². The number of fused-ring (bicyclic) bond motifs is 2. The molecule has 216 valence electrons. The molecule has 0 aliphatic carbocycles. The zero-order valence-electron chi connectivity index (χ0n) is 22.9. The van der Waals surface area contributed by atoms with Crippen LogP contribution in [0.2, 0.25) is 10.0 Å². The number of esters is 1. The van der Waals surface area contributed by atoms with Crippen LogP contribution in [-0.2, 0) is 22.5 Å². The lowest BCUT2D eigenvalue weighted by Gasteiger charge is -2.34. The minimum Gasteiger partial charge on any atom is -0.464 e. The second kappa shape index (κ2) is 11.3. The Morgan fingerprint density at radius 3 is 2.66 bits per heavy atom. The summed E-state index contributed by atoms with van der Waals surface area (Å²) in [7, 11) is 0. The Kier molecular flexibility index (Phi) is 7.78. The quantitative estimate of drug-likeness (QED) is 0.229. The molecule has 2 aliphatic heterocycles. The zero-order valence-corrected chi connectivity index (χ0v) is 24.4. The van der Waals surface area contributed by atoms with Crippen LogP contribution in [0.25, 0.3) is 22.0 Å². The highest BCUT2D eigenvalue weighted by Gasteiger charge is 2.35. The number of halogens is 4. The number of hydrogen-bond donors (Lipinski definition) is 0. The highest BCUT2D eigenvalue weighted by molar-refractivity contribution is 6.42. The van der Waals surface area contributed by atoms with Gasteiger partial charge in [0.2, 0.25) is 0 Å². The van der Waals surface area contributed by atoms with Crippen molar-refractivity contribution in [2.45, 2.75) is 57.5 Å². The van der Waals surface area contributed by atoms with Crippen molar-refractivity contribution < 1.29 is 18.3 Å². The van der Waals surface area contributed by atoms with Crippen molar-refractivity contribution in [1.82, 2.24) is 24.2 Å². The first-order valence-corrected chi connectivity index (χ1v) is 14.7. The van der Waals surface area contributed by atoms with Crippen molar-refractivity contribution in [2.75, 3.05) is 26.2 Å². The topological polar surface area (TPSA) is 65.2 Å². The molecule has 2 aromatic heterocycles. The standard InChI is InChI=1S/C30H31Cl2F2N5O2/c1-3-37-10-9-20(24(34)15-37)17-5-7-18(8-6-17)21-12-23(31)22-14-39(36-27(22)26(21)32)29(30(40)41-4-2)28-25-11-19(33)13-38(25)16-35-28/h5-8,12,14,16,19-20,24,29H,3-4,9-11,13,15H2,1-2H3/t19-,20-,24+,29?/m1/s1. The van der Waals surface area contributed by atoms with Gasteiger partial charge in [-0.15, -0.1) is 0 Å². The molecule has 6 rings (SSSR count). The van der Waals surface area contributed by atoms with E-state index < -0.39 is 24.4 Å². The van der Waals surface area contributed by atoms with Gasteiger partial charge in [0, 0.05) is 41.7 Å². The van der Waals surface area contributed by atoms with E-state index in [1.807, 2.05) is 24.3 Å². The van der Waals surface area contributed by atoms with E-state index in [2.05, 4.69) is 21.9 Å². The highest BCUT2D eigenvalue weighted by Crippen LogP contribution is 2.40. The fraction of sp³-hybridized carbons (Fsp3) is 0.433. The molecule has 7 nitrogen and oxygen atoms in total. The van der Waals surface area contributed by atoms with E-state index in [1.165, 1.54) is 4.68 Å². The van der Waals surface area contributed by atoms with E-state index in [-0.39, 0.29) is 25.5 Å². The van der Waals surface area contributed by atoms with Crippen LogP contribution in [0.1, 0.15) is 49.2 Å². The van der Waals surface area contributed by atoms with Crippen molar-refractivity contribution in [3.63, 3.8) is 0 Å². The molecule has 4 atom stereocenters. The van der Waals surface area contributed by atoms with E-state index in [9.17, 15) is 13.6 Å². The number of alkyl halides is 2. The van der Waals surface area contributed by atoms with E-state index in [0.29, 0.717) is 44.4 Å². The molecular weight excluding hydrogens is 571 g/mol. The van der Waals surface area contributed by atoms with Gasteiger partial charge in [0.25, 0.3) is 0 Å². The second-order valence-electron chi connectivity index (χ2n) is 10.7. The summed E-state index contributed by atoms with van der Waals surface area (Å²) in [5, 5.41) is 6.03. The first kappa shape index (κ1) is 28.1. The number of carbonyl (C=O) groups excluding carboxylic acids is 1. The van der Waals surface area contributed by atoms with Gasteiger partial charge in [-0.1, -0.05) is 54.4 Å². The molecule has 1 unspecified atom stereocenters. The molecule has 0 amide bonds. The molecule has 1 saturated heterocycles. The van der Waals surface area contributed by atoms with Gasteiger partial charge in [0.1, 0.15) is 17.9 Å². The van der Waals surface area contributed by atoms with E-state index in [4.69, 9.17) is 27.9 Å². The Morgan fingerprint density at radius 1 is 1.17 bits per heavy atom. The minimum atomic E-state index is -1.04. The Bertz CT molecular complexity index is 1590. The number of likely N-dealkylation sites (tertiary alicyclic amines) is 1. The molecule has 4 aromatic rings. The maximum Gasteiger partial charge on any atom is 0.337 e. The smallest absolute Gasteiger partial charge is 0.337 e. The molecule has 2 aromatic carbocycles. The number of piperidine rings is 1. The Hall–Kier alpha value is -3.01. The lowest BCUT2D eigenvalue weighted by Crippen LogP contribution is -2.40. The number of ether oxygens (including phenoxy) is 1. The predicted molar refractivity (Wildman–Crippen MR) is 155 cm³/mol. The summed E-state index contributed by atoms with van der Waals surface area (Å²) in [4.78, 5) is 19.7. The zero-order chi connectivity index (χ0) is 28.8. The van der Waals surface area contributed by atoms with Gasteiger partial charge >= 0.3 is 5.97 Å². The molecule has 0 radical (unpaired) electrons. The first-order chi connectivity index (χ1) is 19.8. The third-order valence-electron chi connectivity index (χ3n) is 8.25. The van der Waals surface area contributed by atoms with Crippen LogP contribution in [-0.4, -0.2) is 68.8 Å². The maximum atomic E-state index is 14.9. The van der Waals surface area contributed by atoms with Crippen molar-refractivity contribution in [3.8, 4) is 11.1 Å². The maximum absolute atomic E-state index is 14.9. The Labute approximate surface area is 247 Å². The average Bonchev–Trinajstić information content (AvgIpc) is 3.67. The summed E-state index contributed by atoms with van der Waals surface area (Å²) >= 11 is 13.6. The van der Waals surface area contributed by atoms with Crippen molar-refractivity contribution in [2.24, 2.45) is 0 Å². The molecule has 0 bridgehead atoms. The lowest BCUT2D eigenvalue weighted by molar-refractivity contribution is -0.146. The van der Waals surface area contributed by atoms with Crippen LogP contribution >= 0.6 is 23.2 Å². The lowest BCUT2D eigenvalue weighted by atomic mass is 9.87. The normalized spacial score (nSPS) is 21.8. The van der Waals surface area contributed by atoms with Crippen LogP contribution in [0.5, 0.6) is 0 Å². The van der Waals surface area contributed by atoms with Crippen LogP contribution < -0.4 is 0 Å². The Morgan fingerprint density at radius 2 is 1.95 bits per heavy atom. The third-order valence-corrected chi connectivity index (χ3v) is 8.94. The van der Waals surface area contributed by atoms with Crippen LogP contribution in [0.3, 0.4) is 0 Å². The summed E-state index contributed by atoms with van der Waals surface area (Å²) in [5.74, 6) is -0.691. The van der Waals surface area contributed by atoms with Gasteiger partial charge in [0.15, 0.2) is 6.04 Å². The van der Waals surface area contributed by atoms with E-state index in [1.54, 1.807) is 30.1 Å². The number of rotatable bonds is 7. The third kappa shape index (κ3) is 5.13. The largest absolute Gasteiger partial charge is 0.464 e. The molecular formula is C30H31Cl2F2N5O2. The summed E-state index contributed by atoms with van der Waals surface area (Å²) in [6.45, 7) is 6.32. The fourth-order valence-electron chi connectivity index (χ4n) is 6.09. The minimum absolute atomic E-state index is 0.138. The van der Waals surface area contributed by atoms with Gasteiger partial charge in [-0.25, -0.2) is 18.6 Å². The predicted octanol–water partition coefficient (Wildman–Crippen LogP) is 6.40. The fourth-order valence-corrected chi connectivity index (χ4v) is 6.64. The number of nitrogens with zero attached hydrogens (tertiary/aromatic N) is 5. The molecule has 41 heavy (non-hydrogen) atoms. The summed E-state index contributed by atoms with van der Waals surface area (Å²) in [5.41, 5.74) is 3.92. The van der Waals surface area contributed by atoms with Crippen molar-refractivity contribution >= 4 is 40.1 Å². The molecule has 2 aliphatic rings. The monoisotopic (exact) mass is 601 g/mol. The molecule has 0 spiro atoms. The number of hydrogen-bond acceptors (Lipinski definition) is 5. The molecule has 0 saturated carbocycles. The van der Waals surface area contributed by atoms with Gasteiger partial charge in [0.05, 0.1) is 35.2 Å². The number of benzene rings is 2. The summed E-state index contributed by atoms with van der Waals surface area (Å²) in [6, 6.07) is 8.51. The molecule has 0 N–H and O–H groups in total. The van der Waals surface area contributed by atoms with E-state index >= 15 is 0 Å². The first-order valence-electron chi connectivity index (χ1n) is 14.0. The van der Waals surface area contributed by atoms with Gasteiger partial charge < -0.3 is 14.2 Å². The number of imidazole rings is 1. The van der Waals surface area contributed by atoms with Crippen molar-refractivity contribution in [1.29, 1.82) is 0 Å². The molecule has 4 heterocycles. The van der Waals surface area contributed by atoms with Crippen LogP contribution in [0.15, 0.2) is 42.9 Å². The summed E-state index contributed by atoms with van der Waals surface area (Å²) < 4.78 is 37.6. The second-order valence-corrected chi connectivity index (χ2v) is 11.5. The highest BCUT2D eigenvalue weighted by atomic mass is 35.5. The molecule has 11 heteroatoms. The SMILES string of the molecule is CCOC(=O)C(c1ncn2c1C[C@@H](F)C2)n1cc2c(Cl)cc(-c3ccc([C@H]4CCN(CC)C[C@@H]4F)cc3)c(Cl)c2n1. The Balaban J connectivity index is 1.35. The molecule has 1 fully saturated rings. The average molecular weight is 603 g/mol. The van der Waals surface area contributed by atoms with Gasteiger partial charge in [-0.2, -0.15) is 5.10 Å².